The monoisotopic (exact) mass is 449 g/mol. The summed E-state index contributed by atoms with van der Waals surface area (Å²) in [6.07, 6.45) is 3.59. The van der Waals surface area contributed by atoms with Crippen LogP contribution in [0.4, 0.5) is 5.69 Å². The van der Waals surface area contributed by atoms with Gasteiger partial charge >= 0.3 is 0 Å². The van der Waals surface area contributed by atoms with Crippen LogP contribution in [-0.4, -0.2) is 52.3 Å². The molecule has 0 aromatic heterocycles. The lowest BCUT2D eigenvalue weighted by Crippen LogP contribution is -2.78. The van der Waals surface area contributed by atoms with E-state index in [4.69, 9.17) is 4.74 Å². The van der Waals surface area contributed by atoms with Gasteiger partial charge in [-0.1, -0.05) is 19.9 Å². The second-order valence-corrected chi connectivity index (χ2v) is 12.5. The van der Waals surface area contributed by atoms with Gasteiger partial charge in [-0.2, -0.15) is 0 Å². The fourth-order valence-electron chi connectivity index (χ4n) is 8.76. The van der Waals surface area contributed by atoms with Gasteiger partial charge in [-0.15, -0.1) is 0 Å². The first-order valence-corrected chi connectivity index (χ1v) is 12.2. The van der Waals surface area contributed by atoms with Crippen LogP contribution in [0, 0.1) is 11.3 Å². The van der Waals surface area contributed by atoms with Crippen molar-refractivity contribution >= 4 is 23.3 Å². The number of anilines is 1. The first-order chi connectivity index (χ1) is 15.5. The summed E-state index contributed by atoms with van der Waals surface area (Å²) < 4.78 is 6.12. The Bertz CT molecular complexity index is 1190. The van der Waals surface area contributed by atoms with E-state index in [0.29, 0.717) is 23.4 Å². The molecule has 33 heavy (non-hydrogen) atoms. The molecule has 6 heterocycles. The number of hydrogen-bond donors (Lipinski definition) is 2. The zero-order valence-electron chi connectivity index (χ0n) is 19.8. The van der Waals surface area contributed by atoms with Gasteiger partial charge in [0, 0.05) is 6.54 Å². The highest BCUT2D eigenvalue weighted by Gasteiger charge is 2.77. The van der Waals surface area contributed by atoms with E-state index in [1.807, 2.05) is 26.0 Å². The minimum Gasteiger partial charge on any atom is -0.487 e. The highest BCUT2D eigenvalue weighted by atomic mass is 16.5. The number of rotatable bonds is 0. The van der Waals surface area contributed by atoms with E-state index in [0.717, 1.165) is 37.9 Å². The molecule has 1 aromatic rings. The van der Waals surface area contributed by atoms with E-state index >= 15 is 0 Å². The van der Waals surface area contributed by atoms with Crippen LogP contribution in [-0.2, 0) is 15.0 Å². The number of hydrogen-bond acceptors (Lipinski definition) is 5. The van der Waals surface area contributed by atoms with E-state index < -0.39 is 22.1 Å². The van der Waals surface area contributed by atoms with Crippen molar-refractivity contribution < 1.29 is 19.1 Å². The van der Waals surface area contributed by atoms with Gasteiger partial charge in [0.05, 0.1) is 28.6 Å². The van der Waals surface area contributed by atoms with E-state index in [1.54, 1.807) is 0 Å². The second-order valence-electron chi connectivity index (χ2n) is 12.5. The molecule has 8 rings (SSSR count). The van der Waals surface area contributed by atoms with Gasteiger partial charge in [-0.3, -0.25) is 19.3 Å². The Kier molecular flexibility index (Phi) is 3.31. The van der Waals surface area contributed by atoms with Gasteiger partial charge in [0.15, 0.2) is 5.78 Å². The molecule has 0 unspecified atom stereocenters. The first kappa shape index (κ1) is 20.0. The van der Waals surface area contributed by atoms with Crippen LogP contribution in [0.2, 0.25) is 0 Å². The molecule has 1 aromatic carbocycles. The lowest BCUT2D eigenvalue weighted by molar-refractivity contribution is -0.156. The molecule has 2 N–H and O–H groups in total. The van der Waals surface area contributed by atoms with E-state index in [-0.39, 0.29) is 35.4 Å². The van der Waals surface area contributed by atoms with E-state index in [2.05, 4.69) is 29.4 Å². The number of piperazine rings is 1. The number of piperidine rings is 2. The average molecular weight is 450 g/mol. The quantitative estimate of drug-likeness (QED) is 0.636. The minimum atomic E-state index is -0.798. The SMILES string of the molecule is CC1(C)CC(=O)c2c(ccc3c2NC(=O)[C@]32C[C@@]34CN5CCC[C@]5(C[C@@H]3C2(C)C)C(=O)N4)O1. The highest BCUT2D eigenvalue weighted by molar-refractivity contribution is 6.15. The minimum absolute atomic E-state index is 0.00981. The van der Waals surface area contributed by atoms with Gasteiger partial charge in [0.25, 0.3) is 0 Å². The summed E-state index contributed by atoms with van der Waals surface area (Å²) in [7, 11) is 0. The van der Waals surface area contributed by atoms with Gasteiger partial charge in [-0.05, 0) is 69.0 Å². The summed E-state index contributed by atoms with van der Waals surface area (Å²) in [6.45, 7) is 9.98. The molecule has 0 radical (unpaired) electrons. The lowest BCUT2D eigenvalue weighted by atomic mass is 9.57. The number of carbonyl (C=O) groups excluding carboxylic acids is 3. The van der Waals surface area contributed by atoms with Gasteiger partial charge in [-0.25, -0.2) is 0 Å². The third-order valence-corrected chi connectivity index (χ3v) is 10.1. The fourth-order valence-corrected chi connectivity index (χ4v) is 8.76. The van der Waals surface area contributed by atoms with Crippen LogP contribution in [0.25, 0.3) is 0 Å². The summed E-state index contributed by atoms with van der Waals surface area (Å²) >= 11 is 0. The number of ether oxygens (including phenoxy) is 1. The number of carbonyl (C=O) groups is 3. The number of nitrogens with one attached hydrogen (secondary N) is 2. The Morgan fingerprint density at radius 3 is 2.67 bits per heavy atom. The van der Waals surface area contributed by atoms with E-state index in [1.165, 1.54) is 0 Å². The number of benzene rings is 1. The molecule has 4 atom stereocenters. The maximum absolute atomic E-state index is 13.9. The molecule has 7 heteroatoms. The lowest BCUT2D eigenvalue weighted by Gasteiger charge is -2.60. The summed E-state index contributed by atoms with van der Waals surface area (Å²) in [5, 5.41) is 6.57. The third-order valence-electron chi connectivity index (χ3n) is 10.1. The maximum Gasteiger partial charge on any atom is 0.241 e. The van der Waals surface area contributed by atoms with E-state index in [9.17, 15) is 14.4 Å². The summed E-state index contributed by atoms with van der Waals surface area (Å²) in [5.74, 6) is 0.844. The molecule has 1 aliphatic carbocycles. The zero-order valence-corrected chi connectivity index (χ0v) is 19.8. The van der Waals surface area contributed by atoms with Crippen molar-refractivity contribution in [3.63, 3.8) is 0 Å². The normalized spacial score (nSPS) is 41.2. The molecule has 4 saturated heterocycles. The molecule has 3 spiro atoms. The molecular weight excluding hydrogens is 418 g/mol. The summed E-state index contributed by atoms with van der Waals surface area (Å²) in [6, 6.07) is 3.86. The predicted molar refractivity (Wildman–Crippen MR) is 121 cm³/mol. The van der Waals surface area contributed by atoms with Crippen LogP contribution in [0.1, 0.15) is 75.7 Å². The molecule has 7 nitrogen and oxygen atoms in total. The van der Waals surface area contributed by atoms with Crippen molar-refractivity contribution in [2.45, 2.75) is 81.9 Å². The van der Waals surface area contributed by atoms with Crippen LogP contribution in [0.3, 0.4) is 0 Å². The Balaban J connectivity index is 1.41. The van der Waals surface area contributed by atoms with Crippen LogP contribution < -0.4 is 15.4 Å². The summed E-state index contributed by atoms with van der Waals surface area (Å²) in [5.41, 5.74) is -0.561. The molecule has 2 amide bonds. The third kappa shape index (κ3) is 2.02. The van der Waals surface area contributed by atoms with Gasteiger partial charge in [0.1, 0.15) is 16.9 Å². The van der Waals surface area contributed by atoms with Crippen molar-refractivity contribution in [2.75, 3.05) is 18.4 Å². The van der Waals surface area contributed by atoms with Crippen molar-refractivity contribution in [3.05, 3.63) is 23.3 Å². The Morgan fingerprint density at radius 1 is 1.09 bits per heavy atom. The second kappa shape index (κ2) is 5.45. The highest BCUT2D eigenvalue weighted by Crippen LogP contribution is 2.70. The maximum atomic E-state index is 13.9. The van der Waals surface area contributed by atoms with Crippen LogP contribution >= 0.6 is 0 Å². The zero-order chi connectivity index (χ0) is 23.2. The predicted octanol–water partition coefficient (Wildman–Crippen LogP) is 2.77. The Labute approximate surface area is 193 Å². The van der Waals surface area contributed by atoms with Gasteiger partial charge in [0.2, 0.25) is 11.8 Å². The average Bonchev–Trinajstić information content (AvgIpc) is 3.31. The first-order valence-electron chi connectivity index (χ1n) is 12.2. The number of Topliss-reactive ketones (excluding diaryl/α,β-unsaturated/α-hetero) is 1. The van der Waals surface area contributed by atoms with Crippen molar-refractivity contribution in [1.29, 1.82) is 0 Å². The topological polar surface area (TPSA) is 87.7 Å². The van der Waals surface area contributed by atoms with Crippen LogP contribution in [0.5, 0.6) is 5.75 Å². The van der Waals surface area contributed by atoms with Gasteiger partial charge < -0.3 is 15.4 Å². The number of amides is 2. The largest absolute Gasteiger partial charge is 0.487 e. The molecular formula is C26H31N3O4. The molecule has 2 bridgehead atoms. The number of nitrogens with zero attached hydrogens (tertiary/aromatic N) is 1. The number of fused-ring (bicyclic) bond motifs is 5. The molecule has 174 valence electrons. The molecule has 7 aliphatic rings. The van der Waals surface area contributed by atoms with Crippen LogP contribution in [0.15, 0.2) is 12.1 Å². The Hall–Kier alpha value is -2.41. The standard InChI is InChI=1S/C26H31N3O4/c1-22(2)10-15(30)18-16(33-22)7-6-14-19(18)27-21(32)26(14)12-24-13-29-9-5-8-25(29,20(31)28-24)11-17(24)23(26,3)4/h6-7,17H,5,8-13H2,1-4H3,(H,27,32)(H,28,31)/t17-,24-,25+,26+/m1/s1. The summed E-state index contributed by atoms with van der Waals surface area (Å²) in [4.78, 5) is 42.8. The van der Waals surface area contributed by atoms with Crippen molar-refractivity contribution in [3.8, 4) is 5.75 Å². The smallest absolute Gasteiger partial charge is 0.241 e. The fraction of sp³-hybridized carbons (Fsp3) is 0.654. The molecule has 6 aliphatic heterocycles. The Morgan fingerprint density at radius 2 is 1.88 bits per heavy atom. The number of ketones is 1. The molecule has 5 fully saturated rings. The van der Waals surface area contributed by atoms with Crippen molar-refractivity contribution in [1.82, 2.24) is 10.2 Å². The molecule has 1 saturated carbocycles. The van der Waals surface area contributed by atoms with Crippen molar-refractivity contribution in [2.24, 2.45) is 11.3 Å².